The SMILES string of the molecule is C.C.C=C1CC[C@H](CC#N)C1(C)C.CC1(C)C2CCC1(CCN1CCOCC1)/C(=N\O)C2.CC1(C)C2CCC1(CCN1CCOCC1)C(=O)C2.CC1(C)C2CCC1(CCN1CCOCC1)C(N)C2.CC1(C)C2CCC1(CS(=O)(=O)N1CCOCC1)C(N)C2. The number of hydrogen-bond donors (Lipinski definition) is 3. The summed E-state index contributed by atoms with van der Waals surface area (Å²) in [6.07, 6.45) is 20.3. The number of fused-ring (bicyclic) bond motifs is 8. The van der Waals surface area contributed by atoms with Gasteiger partial charge in [0.2, 0.25) is 10.0 Å². The lowest BCUT2D eigenvalue weighted by atomic mass is 9.65. The molecule has 13 fully saturated rings. The molecule has 0 aromatic carbocycles. The predicted octanol–water partition coefficient (Wildman–Crippen LogP) is 11.3. The van der Waals surface area contributed by atoms with Crippen molar-refractivity contribution in [2.75, 3.05) is 131 Å². The van der Waals surface area contributed by atoms with Gasteiger partial charge in [-0.25, -0.2) is 8.42 Å². The minimum atomic E-state index is -3.24. The molecule has 13 rings (SSSR count). The van der Waals surface area contributed by atoms with E-state index in [-0.39, 0.29) is 59.1 Å². The molecular weight excluding hydrogens is 1120 g/mol. The Kier molecular flexibility index (Phi) is 24.1. The first-order valence-corrected chi connectivity index (χ1v) is 36.0. The van der Waals surface area contributed by atoms with Crippen LogP contribution in [0.15, 0.2) is 17.3 Å². The first-order chi connectivity index (χ1) is 40.6. The average Bonchev–Trinajstić information content (AvgIpc) is 1.62. The van der Waals surface area contributed by atoms with Gasteiger partial charge in [-0.15, -0.1) is 0 Å². The Bertz CT molecular complexity index is 2510. The molecule has 17 heteroatoms. The summed E-state index contributed by atoms with van der Waals surface area (Å²) in [6, 6.07) is 2.70. The highest BCUT2D eigenvalue weighted by molar-refractivity contribution is 7.89. The van der Waals surface area contributed by atoms with Gasteiger partial charge in [-0.3, -0.25) is 19.5 Å². The number of ketones is 1. The van der Waals surface area contributed by atoms with Gasteiger partial charge in [0, 0.05) is 93.5 Å². The maximum atomic E-state index is 12.8. The van der Waals surface area contributed by atoms with Gasteiger partial charge < -0.3 is 35.6 Å². The van der Waals surface area contributed by atoms with Gasteiger partial charge in [-0.2, -0.15) is 9.57 Å². The molecule has 11 atom stereocenters. The number of ether oxygens (including phenoxy) is 4. The van der Waals surface area contributed by atoms with Crippen LogP contribution in [0.2, 0.25) is 0 Å². The second-order valence-corrected chi connectivity index (χ2v) is 34.1. The smallest absolute Gasteiger partial charge is 0.214 e. The third-order valence-electron chi connectivity index (χ3n) is 28.2. The third kappa shape index (κ3) is 13.6. The van der Waals surface area contributed by atoms with E-state index in [2.05, 4.69) is 102 Å². The highest BCUT2D eigenvalue weighted by Gasteiger charge is 2.67. The third-order valence-corrected chi connectivity index (χ3v) is 30.2. The summed E-state index contributed by atoms with van der Waals surface area (Å²) in [6.45, 7) is 44.2. The molecule has 0 radical (unpaired) electrons. The van der Waals surface area contributed by atoms with Crippen LogP contribution in [-0.2, 0) is 33.8 Å². The van der Waals surface area contributed by atoms with E-state index in [9.17, 15) is 18.4 Å². The highest BCUT2D eigenvalue weighted by atomic mass is 32.2. The molecule has 88 heavy (non-hydrogen) atoms. The van der Waals surface area contributed by atoms with Crippen LogP contribution in [0.4, 0.5) is 0 Å². The summed E-state index contributed by atoms with van der Waals surface area (Å²) >= 11 is 0. The summed E-state index contributed by atoms with van der Waals surface area (Å²) in [5.74, 6) is 4.12. The number of nitriles is 1. The summed E-state index contributed by atoms with van der Waals surface area (Å²) < 4.78 is 48.6. The number of oxime groups is 1. The van der Waals surface area contributed by atoms with Crippen LogP contribution >= 0.6 is 0 Å². The summed E-state index contributed by atoms with van der Waals surface area (Å²) in [5, 5.41) is 21.6. The van der Waals surface area contributed by atoms with Gasteiger partial charge >= 0.3 is 0 Å². The second kappa shape index (κ2) is 28.9. The van der Waals surface area contributed by atoms with Crippen molar-refractivity contribution in [3.63, 3.8) is 0 Å². The zero-order valence-electron chi connectivity index (χ0n) is 55.7. The Morgan fingerprint density at radius 3 is 1.36 bits per heavy atom. The first-order valence-electron chi connectivity index (χ1n) is 34.4. The summed E-state index contributed by atoms with van der Waals surface area (Å²) in [5.41, 5.74) is 16.8. The topological polar surface area (TPSA) is 210 Å². The molecule has 4 saturated heterocycles. The molecule has 0 amide bonds. The zero-order valence-corrected chi connectivity index (χ0v) is 56.5. The fourth-order valence-corrected chi connectivity index (χ4v) is 23.0. The van der Waals surface area contributed by atoms with E-state index in [1.807, 2.05) is 0 Å². The Balaban J connectivity index is 0.000000158. The van der Waals surface area contributed by atoms with Gasteiger partial charge in [-0.05, 0) is 184 Å². The average molecular weight is 1250 g/mol. The van der Waals surface area contributed by atoms with E-state index in [1.165, 1.54) is 57.1 Å². The van der Waals surface area contributed by atoms with Crippen LogP contribution in [0.25, 0.3) is 0 Å². The zero-order chi connectivity index (χ0) is 62.2. The molecule has 13 aliphatic rings. The van der Waals surface area contributed by atoms with Gasteiger partial charge in [0.15, 0.2) is 0 Å². The molecule has 4 heterocycles. The maximum absolute atomic E-state index is 12.8. The Labute approximate surface area is 536 Å². The van der Waals surface area contributed by atoms with Crippen molar-refractivity contribution in [2.24, 2.45) is 94.9 Å². The van der Waals surface area contributed by atoms with Gasteiger partial charge in [0.25, 0.3) is 0 Å². The van der Waals surface area contributed by atoms with Crippen molar-refractivity contribution >= 4 is 21.5 Å². The Morgan fingerprint density at radius 2 is 0.989 bits per heavy atom. The van der Waals surface area contributed by atoms with Crippen molar-refractivity contribution in [1.82, 2.24) is 19.0 Å². The van der Waals surface area contributed by atoms with Crippen molar-refractivity contribution < 1.29 is 37.4 Å². The number of nitrogens with two attached hydrogens (primary N) is 2. The minimum Gasteiger partial charge on any atom is -0.411 e. The van der Waals surface area contributed by atoms with Gasteiger partial charge in [0.1, 0.15) is 5.78 Å². The van der Waals surface area contributed by atoms with Crippen LogP contribution in [-0.4, -0.2) is 187 Å². The maximum Gasteiger partial charge on any atom is 0.214 e. The van der Waals surface area contributed by atoms with Crippen LogP contribution in [0.5, 0.6) is 0 Å². The quantitative estimate of drug-likeness (QED) is 0.0890. The van der Waals surface area contributed by atoms with Crippen molar-refractivity contribution in [1.29, 1.82) is 5.26 Å². The fourth-order valence-electron chi connectivity index (χ4n) is 20.7. The normalized spacial score (nSPS) is 38.5. The number of carbonyl (C=O) groups excluding carboxylic acids is 1. The van der Waals surface area contributed by atoms with E-state index in [0.29, 0.717) is 84.5 Å². The molecule has 506 valence electrons. The number of hydrogen-bond acceptors (Lipinski definition) is 15. The molecule has 0 spiro atoms. The molecule has 16 nitrogen and oxygen atoms in total. The number of Topliss-reactive ketones (excluding diaryl/α,β-unsaturated/α-hetero) is 1. The molecule has 0 aromatic rings. The number of carbonyl (C=O) groups is 1. The predicted molar refractivity (Wildman–Crippen MR) is 356 cm³/mol. The molecule has 8 bridgehead atoms. The van der Waals surface area contributed by atoms with E-state index in [4.69, 9.17) is 35.7 Å². The number of allylic oxidation sites excluding steroid dienone is 1. The standard InChI is InChI=1S/C15H26N2O2.C15H28N2O.C15H25NO2.C14H26N2O3S.C10H15N.2CH4/c1-14(2)12-3-4-15(14,13(11-12)16-18)5-6-17-7-9-19-10-8-17;1-14(2)12-3-4-15(14,13(16)11-12)5-6-17-7-9-18-10-8-17;1-14(2)12-3-4-15(14,13(17)11-12)5-6-16-7-9-18-10-8-16;1-13(2)11-3-4-14(13,12(15)9-11)10-20(17,18)16-5-7-19-8-6-16;1-8-4-5-9(6-7-11)10(8,2)3;;/h12,18H,3-11H2,1-2H3;12-13H,3-11,16H2,1-2H3;12H,3-11H2,1-2H3;11-12H,3-10,15H2,1-2H3;9H,1,4-6H2,2-3H3;2*1H4/b16-13-;;;;;;/t;;;;9-;;/m....1../s1. The van der Waals surface area contributed by atoms with E-state index >= 15 is 0 Å². The first kappa shape index (κ1) is 73.3. The number of rotatable bonds is 13. The van der Waals surface area contributed by atoms with Crippen LogP contribution in [0, 0.1) is 89.7 Å². The molecule has 9 aliphatic carbocycles. The largest absolute Gasteiger partial charge is 0.411 e. The molecule has 5 N–H and O–H groups in total. The number of nitrogens with zero attached hydrogens (tertiary/aromatic N) is 6. The highest BCUT2D eigenvalue weighted by Crippen LogP contribution is 2.69. The van der Waals surface area contributed by atoms with Crippen molar-refractivity contribution in [3.05, 3.63) is 12.2 Å². The molecular formula is C71H128N8O8S. The van der Waals surface area contributed by atoms with E-state index in [1.54, 1.807) is 4.31 Å². The Morgan fingerprint density at radius 1 is 0.580 bits per heavy atom. The van der Waals surface area contributed by atoms with E-state index < -0.39 is 10.0 Å². The van der Waals surface area contributed by atoms with Crippen LogP contribution < -0.4 is 11.5 Å². The number of sulfonamides is 1. The monoisotopic (exact) mass is 1250 g/mol. The fraction of sp³-hybridized carbons (Fsp3) is 0.930. The van der Waals surface area contributed by atoms with Crippen LogP contribution in [0.1, 0.15) is 200 Å². The molecule has 9 saturated carbocycles. The summed E-state index contributed by atoms with van der Waals surface area (Å²) in [4.78, 5) is 19.9. The molecule has 4 aliphatic heterocycles. The second-order valence-electron chi connectivity index (χ2n) is 32.2. The molecule has 0 aromatic heterocycles. The summed E-state index contributed by atoms with van der Waals surface area (Å²) in [7, 11) is -3.24. The van der Waals surface area contributed by atoms with E-state index in [0.717, 1.165) is 168 Å². The Hall–Kier alpha value is -2.08. The van der Waals surface area contributed by atoms with Gasteiger partial charge in [-0.1, -0.05) is 101 Å². The lowest BCUT2D eigenvalue weighted by Crippen LogP contribution is -2.52. The van der Waals surface area contributed by atoms with Crippen LogP contribution in [0.3, 0.4) is 0 Å². The lowest BCUT2D eigenvalue weighted by Gasteiger charge is -2.43. The van der Waals surface area contributed by atoms with Gasteiger partial charge in [0.05, 0.1) is 70.4 Å². The van der Waals surface area contributed by atoms with Crippen molar-refractivity contribution in [3.8, 4) is 6.07 Å². The number of morpholine rings is 4. The van der Waals surface area contributed by atoms with Crippen molar-refractivity contribution in [2.45, 2.75) is 212 Å². The lowest BCUT2D eigenvalue weighted by molar-refractivity contribution is -0.130. The molecule has 10 unspecified atom stereocenters. The minimum absolute atomic E-state index is 0.